The Balaban J connectivity index is 2.39. The van der Waals surface area contributed by atoms with Crippen LogP contribution in [0.4, 0.5) is 8.78 Å². The third kappa shape index (κ3) is 2.68. The monoisotopic (exact) mass is 314 g/mol. The van der Waals surface area contributed by atoms with Gasteiger partial charge in [0.1, 0.15) is 0 Å². The average Bonchev–Trinajstić information content (AvgIpc) is 2.34. The maximum absolute atomic E-state index is 13.6. The van der Waals surface area contributed by atoms with E-state index in [4.69, 9.17) is 9.84 Å². The second-order valence-electron chi connectivity index (χ2n) is 3.56. The lowest BCUT2D eigenvalue weighted by atomic mass is 10.2. The maximum atomic E-state index is 13.6. The van der Waals surface area contributed by atoms with Gasteiger partial charge >= 0.3 is 0 Å². The van der Waals surface area contributed by atoms with Crippen molar-refractivity contribution in [3.8, 4) is 11.5 Å². The molecule has 0 aromatic heterocycles. The van der Waals surface area contributed by atoms with Crippen molar-refractivity contribution in [2.75, 3.05) is 0 Å². The first-order valence-corrected chi connectivity index (χ1v) is 5.92. The molecule has 0 aliphatic rings. The topological polar surface area (TPSA) is 29.5 Å². The molecule has 0 fully saturated rings. The summed E-state index contributed by atoms with van der Waals surface area (Å²) >= 11 is 3.11. The van der Waals surface area contributed by atoms with E-state index in [1.807, 2.05) is 0 Å². The highest BCUT2D eigenvalue weighted by atomic mass is 79.9. The normalized spacial score (nSPS) is 10.4. The first kappa shape index (κ1) is 13.0. The Morgan fingerprint density at radius 1 is 1.11 bits per heavy atom. The molecule has 2 aromatic carbocycles. The average molecular weight is 315 g/mol. The molecule has 0 bridgehead atoms. The summed E-state index contributed by atoms with van der Waals surface area (Å²) in [6.07, 6.45) is 0. The van der Waals surface area contributed by atoms with Crippen molar-refractivity contribution in [1.82, 2.24) is 0 Å². The van der Waals surface area contributed by atoms with Gasteiger partial charge in [0.15, 0.2) is 23.1 Å². The Morgan fingerprint density at radius 3 is 2.56 bits per heavy atom. The molecule has 2 aromatic rings. The van der Waals surface area contributed by atoms with Gasteiger partial charge in [-0.15, -0.1) is 0 Å². The number of ether oxygens (including phenoxy) is 1. The predicted molar refractivity (Wildman–Crippen MR) is 66.5 cm³/mol. The van der Waals surface area contributed by atoms with Crippen LogP contribution in [0.25, 0.3) is 0 Å². The van der Waals surface area contributed by atoms with Gasteiger partial charge in [-0.05, 0) is 24.3 Å². The van der Waals surface area contributed by atoms with E-state index in [0.29, 0.717) is 4.47 Å². The van der Waals surface area contributed by atoms with Crippen molar-refractivity contribution in [2.45, 2.75) is 6.61 Å². The molecule has 5 heteroatoms. The van der Waals surface area contributed by atoms with Crippen LogP contribution in [-0.4, -0.2) is 5.11 Å². The quantitative estimate of drug-likeness (QED) is 0.927. The summed E-state index contributed by atoms with van der Waals surface area (Å²) in [5.74, 6) is -1.53. The molecule has 0 aliphatic carbocycles. The van der Waals surface area contributed by atoms with Gasteiger partial charge in [0.05, 0.1) is 6.61 Å². The molecule has 0 saturated carbocycles. The van der Waals surface area contributed by atoms with Crippen LogP contribution in [0.3, 0.4) is 0 Å². The van der Waals surface area contributed by atoms with Crippen molar-refractivity contribution < 1.29 is 18.6 Å². The van der Waals surface area contributed by atoms with Crippen LogP contribution in [-0.2, 0) is 6.61 Å². The molecular weight excluding hydrogens is 306 g/mol. The van der Waals surface area contributed by atoms with Crippen LogP contribution in [0.15, 0.2) is 40.9 Å². The molecule has 0 unspecified atom stereocenters. The summed E-state index contributed by atoms with van der Waals surface area (Å²) in [6, 6.07) is 8.33. The summed E-state index contributed by atoms with van der Waals surface area (Å²) in [7, 11) is 0. The van der Waals surface area contributed by atoms with Crippen molar-refractivity contribution in [2.24, 2.45) is 0 Å². The molecule has 2 nitrogen and oxygen atoms in total. The van der Waals surface area contributed by atoms with Crippen LogP contribution in [0.5, 0.6) is 11.5 Å². The van der Waals surface area contributed by atoms with E-state index >= 15 is 0 Å². The van der Waals surface area contributed by atoms with Gasteiger partial charge in [0.2, 0.25) is 0 Å². The first-order chi connectivity index (χ1) is 8.61. The molecule has 18 heavy (non-hydrogen) atoms. The van der Waals surface area contributed by atoms with Gasteiger partial charge in [-0.3, -0.25) is 0 Å². The number of hydrogen-bond donors (Lipinski definition) is 1. The highest BCUT2D eigenvalue weighted by Gasteiger charge is 2.13. The zero-order valence-electron chi connectivity index (χ0n) is 9.16. The van der Waals surface area contributed by atoms with Gasteiger partial charge in [-0.1, -0.05) is 28.1 Å². The fourth-order valence-corrected chi connectivity index (χ4v) is 1.79. The molecule has 1 N–H and O–H groups in total. The summed E-state index contributed by atoms with van der Waals surface area (Å²) in [5.41, 5.74) is 0.261. The van der Waals surface area contributed by atoms with Gasteiger partial charge in [0, 0.05) is 10.0 Å². The fraction of sp³-hybridized carbons (Fsp3) is 0.0769. The fourth-order valence-electron chi connectivity index (χ4n) is 1.46. The van der Waals surface area contributed by atoms with Gasteiger partial charge in [-0.25, -0.2) is 8.78 Å². The molecule has 0 spiro atoms. The highest BCUT2D eigenvalue weighted by Crippen LogP contribution is 2.31. The third-order valence-corrected chi connectivity index (χ3v) is 2.82. The lowest BCUT2D eigenvalue weighted by molar-refractivity contribution is 0.273. The molecular formula is C13H9BrF2O2. The molecule has 0 aliphatic heterocycles. The Morgan fingerprint density at radius 2 is 1.89 bits per heavy atom. The van der Waals surface area contributed by atoms with Crippen molar-refractivity contribution in [3.05, 3.63) is 58.1 Å². The molecule has 0 amide bonds. The Labute approximate surface area is 111 Å². The second-order valence-corrected chi connectivity index (χ2v) is 4.48. The molecule has 94 valence electrons. The zero-order valence-corrected chi connectivity index (χ0v) is 10.7. The molecule has 0 atom stereocenters. The summed E-state index contributed by atoms with van der Waals surface area (Å²) in [6.45, 7) is -0.384. The van der Waals surface area contributed by atoms with Crippen molar-refractivity contribution >= 4 is 15.9 Å². The van der Waals surface area contributed by atoms with Gasteiger partial charge in [-0.2, -0.15) is 0 Å². The second kappa shape index (κ2) is 5.46. The molecule has 2 rings (SSSR count). The smallest absolute Gasteiger partial charge is 0.168 e. The van der Waals surface area contributed by atoms with E-state index in [-0.39, 0.29) is 23.7 Å². The Kier molecular flexibility index (Phi) is 3.93. The minimum absolute atomic E-state index is 0.0991. The minimum Gasteiger partial charge on any atom is -0.451 e. The van der Waals surface area contributed by atoms with Crippen LogP contribution in [0, 0.1) is 11.6 Å². The van der Waals surface area contributed by atoms with Gasteiger partial charge in [0.25, 0.3) is 0 Å². The number of para-hydroxylation sites is 1. The zero-order chi connectivity index (χ0) is 13.1. The SMILES string of the molecule is OCc1cccc(F)c1Oc1ccc(Br)cc1F. The van der Waals surface area contributed by atoms with E-state index in [9.17, 15) is 8.78 Å². The lowest BCUT2D eigenvalue weighted by Crippen LogP contribution is -1.96. The standard InChI is InChI=1S/C13H9BrF2O2/c14-9-4-5-12(11(16)6-9)18-13-8(7-17)2-1-3-10(13)15/h1-6,17H,7H2. The Hall–Kier alpha value is -1.46. The minimum atomic E-state index is -0.649. The Bertz CT molecular complexity index is 573. The van der Waals surface area contributed by atoms with E-state index in [2.05, 4.69) is 15.9 Å². The highest BCUT2D eigenvalue weighted by molar-refractivity contribution is 9.10. The van der Waals surface area contributed by atoms with Crippen molar-refractivity contribution in [1.29, 1.82) is 0 Å². The summed E-state index contributed by atoms with van der Waals surface area (Å²) in [5, 5.41) is 9.09. The summed E-state index contributed by atoms with van der Waals surface area (Å²) < 4.78 is 32.9. The number of rotatable bonds is 3. The summed E-state index contributed by atoms with van der Waals surface area (Å²) in [4.78, 5) is 0. The van der Waals surface area contributed by atoms with E-state index in [1.165, 1.54) is 30.3 Å². The largest absolute Gasteiger partial charge is 0.451 e. The number of hydrogen-bond acceptors (Lipinski definition) is 2. The van der Waals surface area contributed by atoms with E-state index < -0.39 is 11.6 Å². The lowest BCUT2D eigenvalue weighted by Gasteiger charge is -2.11. The first-order valence-electron chi connectivity index (χ1n) is 5.13. The van der Waals surface area contributed by atoms with Crippen molar-refractivity contribution in [3.63, 3.8) is 0 Å². The number of benzene rings is 2. The van der Waals surface area contributed by atoms with E-state index in [0.717, 1.165) is 0 Å². The van der Waals surface area contributed by atoms with Crippen LogP contribution >= 0.6 is 15.9 Å². The predicted octanol–water partition coefficient (Wildman–Crippen LogP) is 4.01. The number of halogens is 3. The van der Waals surface area contributed by atoms with Crippen LogP contribution in [0.2, 0.25) is 0 Å². The number of aliphatic hydroxyl groups excluding tert-OH is 1. The maximum Gasteiger partial charge on any atom is 0.168 e. The molecule has 0 radical (unpaired) electrons. The third-order valence-electron chi connectivity index (χ3n) is 2.32. The number of aliphatic hydroxyl groups is 1. The van der Waals surface area contributed by atoms with Crippen LogP contribution < -0.4 is 4.74 Å². The van der Waals surface area contributed by atoms with Gasteiger partial charge < -0.3 is 9.84 Å². The molecule has 0 heterocycles. The molecule has 0 saturated heterocycles. The van der Waals surface area contributed by atoms with E-state index in [1.54, 1.807) is 6.07 Å². The van der Waals surface area contributed by atoms with Crippen LogP contribution in [0.1, 0.15) is 5.56 Å².